The first kappa shape index (κ1) is 25.1. The van der Waals surface area contributed by atoms with Crippen molar-refractivity contribution in [2.24, 2.45) is 10.9 Å². The molecular formula is C18H31IN4O4S. The molecule has 1 fully saturated rings. The lowest BCUT2D eigenvalue weighted by molar-refractivity contribution is 0.181. The van der Waals surface area contributed by atoms with E-state index in [0.717, 1.165) is 37.7 Å². The van der Waals surface area contributed by atoms with Crippen molar-refractivity contribution < 1.29 is 17.9 Å². The second-order valence-electron chi connectivity index (χ2n) is 6.55. The number of hydrogen-bond acceptors (Lipinski definition) is 5. The summed E-state index contributed by atoms with van der Waals surface area (Å²) in [6, 6.07) is 6.88. The van der Waals surface area contributed by atoms with Gasteiger partial charge in [-0.3, -0.25) is 4.99 Å². The SMILES string of the molecule is CN=C(NCc1cccc(S(=O)(=O)NCCOC)c1)N(C)CC1CCOC1.I. The van der Waals surface area contributed by atoms with Crippen LogP contribution in [-0.4, -0.2) is 73.4 Å². The molecule has 160 valence electrons. The molecule has 0 bridgehead atoms. The van der Waals surface area contributed by atoms with E-state index in [9.17, 15) is 8.42 Å². The third-order valence-electron chi connectivity index (χ3n) is 4.39. The molecule has 1 aliphatic heterocycles. The molecule has 1 aromatic rings. The lowest BCUT2D eigenvalue weighted by Crippen LogP contribution is -2.41. The van der Waals surface area contributed by atoms with E-state index in [-0.39, 0.29) is 35.4 Å². The van der Waals surface area contributed by atoms with Crippen LogP contribution < -0.4 is 10.0 Å². The normalized spacial score (nSPS) is 17.2. The monoisotopic (exact) mass is 526 g/mol. The smallest absolute Gasteiger partial charge is 0.240 e. The zero-order valence-corrected chi connectivity index (χ0v) is 19.8. The van der Waals surface area contributed by atoms with Crippen molar-refractivity contribution in [2.75, 3.05) is 54.1 Å². The summed E-state index contributed by atoms with van der Waals surface area (Å²) in [4.78, 5) is 6.63. The minimum Gasteiger partial charge on any atom is -0.383 e. The van der Waals surface area contributed by atoms with Gasteiger partial charge in [-0.15, -0.1) is 24.0 Å². The fraction of sp³-hybridized carbons (Fsp3) is 0.611. The fourth-order valence-corrected chi connectivity index (χ4v) is 4.03. The lowest BCUT2D eigenvalue weighted by atomic mass is 10.1. The van der Waals surface area contributed by atoms with Crippen LogP contribution in [0.3, 0.4) is 0 Å². The van der Waals surface area contributed by atoms with E-state index in [4.69, 9.17) is 9.47 Å². The Morgan fingerprint density at radius 2 is 2.21 bits per heavy atom. The van der Waals surface area contributed by atoms with Gasteiger partial charge in [-0.25, -0.2) is 13.1 Å². The van der Waals surface area contributed by atoms with Crippen LogP contribution >= 0.6 is 24.0 Å². The van der Waals surface area contributed by atoms with E-state index in [0.29, 0.717) is 19.1 Å². The largest absolute Gasteiger partial charge is 0.383 e. The lowest BCUT2D eigenvalue weighted by Gasteiger charge is -2.24. The average Bonchev–Trinajstić information content (AvgIpc) is 3.15. The molecule has 1 unspecified atom stereocenters. The minimum absolute atomic E-state index is 0. The first-order valence-corrected chi connectivity index (χ1v) is 10.5. The zero-order chi connectivity index (χ0) is 19.7. The van der Waals surface area contributed by atoms with Crippen LogP contribution in [0.5, 0.6) is 0 Å². The molecule has 1 heterocycles. The number of sulfonamides is 1. The van der Waals surface area contributed by atoms with E-state index in [1.807, 2.05) is 13.1 Å². The summed E-state index contributed by atoms with van der Waals surface area (Å²) in [5.74, 6) is 1.29. The number of nitrogens with one attached hydrogen (secondary N) is 2. The third-order valence-corrected chi connectivity index (χ3v) is 5.85. The van der Waals surface area contributed by atoms with Gasteiger partial charge in [0.2, 0.25) is 10.0 Å². The number of hydrogen-bond donors (Lipinski definition) is 2. The molecule has 8 nitrogen and oxygen atoms in total. The molecule has 1 aromatic carbocycles. The number of rotatable bonds is 9. The Hall–Kier alpha value is -0.950. The summed E-state index contributed by atoms with van der Waals surface area (Å²) in [6.07, 6.45) is 1.07. The summed E-state index contributed by atoms with van der Waals surface area (Å²) in [6.45, 7) is 3.54. The van der Waals surface area contributed by atoms with Gasteiger partial charge in [-0.1, -0.05) is 12.1 Å². The highest BCUT2D eigenvalue weighted by Gasteiger charge is 2.19. The van der Waals surface area contributed by atoms with Crippen molar-refractivity contribution in [3.63, 3.8) is 0 Å². The van der Waals surface area contributed by atoms with Gasteiger partial charge in [-0.2, -0.15) is 0 Å². The zero-order valence-electron chi connectivity index (χ0n) is 16.7. The molecule has 0 aromatic heterocycles. The molecule has 2 N–H and O–H groups in total. The third kappa shape index (κ3) is 7.82. The fourth-order valence-electron chi connectivity index (χ4n) is 2.95. The predicted molar refractivity (Wildman–Crippen MR) is 121 cm³/mol. The number of nitrogens with zero attached hydrogens (tertiary/aromatic N) is 2. The van der Waals surface area contributed by atoms with Crippen molar-refractivity contribution in [3.05, 3.63) is 29.8 Å². The Morgan fingerprint density at radius 3 is 2.86 bits per heavy atom. The van der Waals surface area contributed by atoms with E-state index < -0.39 is 10.0 Å². The van der Waals surface area contributed by atoms with E-state index in [2.05, 4.69) is 19.9 Å². The molecule has 0 spiro atoms. The topological polar surface area (TPSA) is 92.3 Å². The molecule has 1 atom stereocenters. The Bertz CT molecular complexity index is 724. The highest BCUT2D eigenvalue weighted by atomic mass is 127. The van der Waals surface area contributed by atoms with Crippen molar-refractivity contribution in [1.82, 2.24) is 14.9 Å². The quantitative estimate of drug-likeness (QED) is 0.218. The summed E-state index contributed by atoms with van der Waals surface area (Å²) in [7, 11) is 1.72. The Balaban J connectivity index is 0.00000392. The summed E-state index contributed by atoms with van der Waals surface area (Å²) >= 11 is 0. The molecule has 28 heavy (non-hydrogen) atoms. The molecule has 1 saturated heterocycles. The van der Waals surface area contributed by atoms with Crippen LogP contribution in [-0.2, 0) is 26.0 Å². The van der Waals surface area contributed by atoms with Crippen LogP contribution in [0, 0.1) is 5.92 Å². The number of benzene rings is 1. The molecule has 2 rings (SSSR count). The van der Waals surface area contributed by atoms with E-state index >= 15 is 0 Å². The second-order valence-corrected chi connectivity index (χ2v) is 8.32. The summed E-state index contributed by atoms with van der Waals surface area (Å²) in [5.41, 5.74) is 0.864. The van der Waals surface area contributed by atoms with Gasteiger partial charge in [0, 0.05) is 53.4 Å². The summed E-state index contributed by atoms with van der Waals surface area (Å²) in [5, 5.41) is 3.29. The van der Waals surface area contributed by atoms with Crippen molar-refractivity contribution >= 4 is 40.0 Å². The van der Waals surface area contributed by atoms with Crippen LogP contribution in [0.1, 0.15) is 12.0 Å². The Kier molecular flexibility index (Phi) is 11.3. The van der Waals surface area contributed by atoms with Crippen LogP contribution in [0.2, 0.25) is 0 Å². The van der Waals surface area contributed by atoms with Crippen molar-refractivity contribution in [1.29, 1.82) is 0 Å². The van der Waals surface area contributed by atoms with Crippen LogP contribution in [0.4, 0.5) is 0 Å². The van der Waals surface area contributed by atoms with Crippen LogP contribution in [0.15, 0.2) is 34.2 Å². The molecule has 0 aliphatic carbocycles. The highest BCUT2D eigenvalue weighted by molar-refractivity contribution is 14.0. The minimum atomic E-state index is -3.54. The number of guanidine groups is 1. The first-order chi connectivity index (χ1) is 13.0. The van der Waals surface area contributed by atoms with E-state index in [1.54, 1.807) is 25.2 Å². The maximum atomic E-state index is 12.3. The molecule has 10 heteroatoms. The molecule has 0 saturated carbocycles. The number of aliphatic imine (C=N–C) groups is 1. The predicted octanol–water partition coefficient (Wildman–Crippen LogP) is 1.27. The molecule has 0 radical (unpaired) electrons. The van der Waals surface area contributed by atoms with Gasteiger partial charge < -0.3 is 19.7 Å². The summed E-state index contributed by atoms with van der Waals surface area (Å²) < 4.78 is 37.5. The standard InChI is InChI=1S/C18H30N4O4S.HI/c1-19-18(22(2)13-16-7-9-26-14-16)20-12-15-5-4-6-17(11-15)27(23,24)21-8-10-25-3;/h4-6,11,16,21H,7-10,12-14H2,1-3H3,(H,19,20);1H. The van der Waals surface area contributed by atoms with E-state index in [1.165, 1.54) is 7.11 Å². The second kappa shape index (κ2) is 12.6. The Morgan fingerprint density at radius 1 is 1.43 bits per heavy atom. The number of ether oxygens (including phenoxy) is 2. The van der Waals surface area contributed by atoms with Gasteiger partial charge in [-0.05, 0) is 24.1 Å². The molecule has 1 aliphatic rings. The number of methoxy groups -OCH3 is 1. The Labute approximate surface area is 185 Å². The molecule has 0 amide bonds. The van der Waals surface area contributed by atoms with Crippen molar-refractivity contribution in [3.8, 4) is 0 Å². The van der Waals surface area contributed by atoms with Gasteiger partial charge in [0.25, 0.3) is 0 Å². The van der Waals surface area contributed by atoms with Gasteiger partial charge in [0.05, 0.1) is 18.1 Å². The number of halogens is 1. The van der Waals surface area contributed by atoms with Gasteiger partial charge in [0.1, 0.15) is 0 Å². The average molecular weight is 526 g/mol. The van der Waals surface area contributed by atoms with Crippen molar-refractivity contribution in [2.45, 2.75) is 17.9 Å². The van der Waals surface area contributed by atoms with Gasteiger partial charge in [0.15, 0.2) is 5.96 Å². The maximum Gasteiger partial charge on any atom is 0.240 e. The van der Waals surface area contributed by atoms with Crippen LogP contribution in [0.25, 0.3) is 0 Å². The van der Waals surface area contributed by atoms with Gasteiger partial charge >= 0.3 is 0 Å². The maximum absolute atomic E-state index is 12.3. The highest BCUT2D eigenvalue weighted by Crippen LogP contribution is 2.14. The molecular weight excluding hydrogens is 495 g/mol. The first-order valence-electron chi connectivity index (χ1n) is 9.03.